The summed E-state index contributed by atoms with van der Waals surface area (Å²) >= 11 is 8.02. The molecule has 1 saturated carbocycles. The first-order valence-corrected chi connectivity index (χ1v) is 13.5. The fourth-order valence-electron chi connectivity index (χ4n) is 4.59. The van der Waals surface area contributed by atoms with Crippen LogP contribution in [0.3, 0.4) is 0 Å². The van der Waals surface area contributed by atoms with E-state index in [4.69, 9.17) is 21.1 Å². The minimum atomic E-state index is -0.547. The Labute approximate surface area is 230 Å². The molecule has 38 heavy (non-hydrogen) atoms. The van der Waals surface area contributed by atoms with E-state index in [1.54, 1.807) is 0 Å². The molecule has 0 spiro atoms. The summed E-state index contributed by atoms with van der Waals surface area (Å²) in [6.45, 7) is 3.67. The monoisotopic (exact) mass is 546 g/mol. The maximum atomic E-state index is 12.7. The molecule has 1 aromatic heterocycles. The van der Waals surface area contributed by atoms with Crippen LogP contribution in [0.5, 0.6) is 0 Å². The van der Waals surface area contributed by atoms with Gasteiger partial charge in [-0.15, -0.1) is 0 Å². The molecular weight excluding hydrogens is 520 g/mol. The second kappa shape index (κ2) is 10.6. The maximum absolute atomic E-state index is 12.7. The molecule has 0 saturated heterocycles. The maximum Gasteiger partial charge on any atom is 0.412 e. The van der Waals surface area contributed by atoms with Gasteiger partial charge in [-0.1, -0.05) is 78.3 Å². The van der Waals surface area contributed by atoms with Gasteiger partial charge in [0.1, 0.15) is 6.10 Å². The van der Waals surface area contributed by atoms with Crippen LogP contribution in [0.4, 0.5) is 10.5 Å². The van der Waals surface area contributed by atoms with Gasteiger partial charge in [0.2, 0.25) is 0 Å². The molecule has 1 aliphatic carbocycles. The zero-order chi connectivity index (χ0) is 26.9. The molecule has 1 aliphatic rings. The molecule has 3 aromatic carbocycles. The van der Waals surface area contributed by atoms with Crippen molar-refractivity contribution in [3.63, 3.8) is 0 Å². The van der Waals surface area contributed by atoms with Gasteiger partial charge in [0, 0.05) is 10.6 Å². The van der Waals surface area contributed by atoms with Crippen LogP contribution in [0.25, 0.3) is 21.6 Å². The SMILES string of the molecule is COC(=O)C1(c2ccc(-c3ccc(-c4snc(C)c4NC(=O)O[C@H](C)c4ccccc4)cc3Cl)cc2)CC1. The average molecular weight is 547 g/mol. The van der Waals surface area contributed by atoms with E-state index >= 15 is 0 Å². The number of nitrogens with one attached hydrogen (secondary N) is 1. The highest BCUT2D eigenvalue weighted by Crippen LogP contribution is 2.49. The van der Waals surface area contributed by atoms with Crippen molar-refractivity contribution >= 4 is 40.9 Å². The lowest BCUT2D eigenvalue weighted by molar-refractivity contribution is -0.143. The zero-order valence-electron chi connectivity index (χ0n) is 21.3. The number of hydrogen-bond donors (Lipinski definition) is 1. The van der Waals surface area contributed by atoms with Crippen molar-refractivity contribution in [1.82, 2.24) is 4.37 Å². The minimum Gasteiger partial charge on any atom is -0.468 e. The van der Waals surface area contributed by atoms with Crippen LogP contribution in [0, 0.1) is 6.92 Å². The smallest absolute Gasteiger partial charge is 0.412 e. The number of esters is 1. The number of aromatic nitrogens is 1. The van der Waals surface area contributed by atoms with Crippen molar-refractivity contribution in [2.24, 2.45) is 0 Å². The van der Waals surface area contributed by atoms with Crippen LogP contribution < -0.4 is 5.32 Å². The van der Waals surface area contributed by atoms with Crippen molar-refractivity contribution in [1.29, 1.82) is 0 Å². The molecule has 194 valence electrons. The van der Waals surface area contributed by atoms with Crippen LogP contribution in [0.15, 0.2) is 72.8 Å². The molecule has 8 heteroatoms. The van der Waals surface area contributed by atoms with Gasteiger partial charge in [0.25, 0.3) is 0 Å². The van der Waals surface area contributed by atoms with Crippen molar-refractivity contribution in [3.8, 4) is 21.6 Å². The molecular formula is C30H27ClN2O4S. The second-order valence-corrected chi connectivity index (χ2v) is 10.6. The van der Waals surface area contributed by atoms with Crippen molar-refractivity contribution < 1.29 is 19.1 Å². The molecule has 4 aromatic rings. The number of amides is 1. The Hall–Kier alpha value is -3.68. The number of carbonyl (C=O) groups excluding carboxylic acids is 2. The van der Waals surface area contributed by atoms with Gasteiger partial charge in [0.15, 0.2) is 0 Å². The van der Waals surface area contributed by atoms with E-state index in [1.807, 2.05) is 86.6 Å². The predicted octanol–water partition coefficient (Wildman–Crippen LogP) is 7.95. The number of methoxy groups -OCH3 is 1. The number of nitrogens with zero attached hydrogens (tertiary/aromatic N) is 1. The zero-order valence-corrected chi connectivity index (χ0v) is 22.9. The van der Waals surface area contributed by atoms with Crippen LogP contribution in [0.2, 0.25) is 5.02 Å². The summed E-state index contributed by atoms with van der Waals surface area (Å²) in [6, 6.07) is 23.3. The number of aryl methyl sites for hydroxylation is 1. The summed E-state index contributed by atoms with van der Waals surface area (Å²) in [4.78, 5) is 25.7. The van der Waals surface area contributed by atoms with Gasteiger partial charge in [-0.05, 0) is 66.5 Å². The molecule has 0 unspecified atom stereocenters. The van der Waals surface area contributed by atoms with Gasteiger partial charge in [0.05, 0.1) is 28.8 Å². The third-order valence-corrected chi connectivity index (χ3v) is 8.25. The minimum absolute atomic E-state index is 0.185. The largest absolute Gasteiger partial charge is 0.468 e. The number of benzene rings is 3. The molecule has 0 radical (unpaired) electrons. The Morgan fingerprint density at radius 3 is 2.34 bits per heavy atom. The Balaban J connectivity index is 1.34. The average Bonchev–Trinajstić information content (AvgIpc) is 3.67. The number of anilines is 1. The van der Waals surface area contributed by atoms with E-state index in [2.05, 4.69) is 9.69 Å². The van der Waals surface area contributed by atoms with Gasteiger partial charge < -0.3 is 9.47 Å². The molecule has 1 atom stereocenters. The van der Waals surface area contributed by atoms with Crippen molar-refractivity contribution in [2.45, 2.75) is 38.2 Å². The van der Waals surface area contributed by atoms with E-state index in [1.165, 1.54) is 18.6 Å². The van der Waals surface area contributed by atoms with Gasteiger partial charge in [-0.25, -0.2) is 4.79 Å². The molecule has 1 amide bonds. The van der Waals surface area contributed by atoms with Crippen LogP contribution in [0.1, 0.15) is 42.7 Å². The molecule has 1 N–H and O–H groups in total. The van der Waals surface area contributed by atoms with Gasteiger partial charge in [-0.3, -0.25) is 10.1 Å². The summed E-state index contributed by atoms with van der Waals surface area (Å²) in [5.74, 6) is -0.185. The van der Waals surface area contributed by atoms with Crippen molar-refractivity contribution in [2.75, 3.05) is 12.4 Å². The predicted molar refractivity (Wildman–Crippen MR) is 151 cm³/mol. The van der Waals surface area contributed by atoms with E-state index in [9.17, 15) is 9.59 Å². The summed E-state index contributed by atoms with van der Waals surface area (Å²) in [5.41, 5.74) is 5.33. The highest BCUT2D eigenvalue weighted by Gasteiger charge is 2.52. The lowest BCUT2D eigenvalue weighted by Gasteiger charge is -2.15. The van der Waals surface area contributed by atoms with Crippen LogP contribution in [-0.4, -0.2) is 23.5 Å². The normalized spacial score (nSPS) is 14.4. The van der Waals surface area contributed by atoms with E-state index in [0.29, 0.717) is 16.4 Å². The Kier molecular flexibility index (Phi) is 7.23. The number of rotatable bonds is 7. The molecule has 1 heterocycles. The topological polar surface area (TPSA) is 77.5 Å². The molecule has 0 bridgehead atoms. The quantitative estimate of drug-likeness (QED) is 0.238. The molecule has 1 fully saturated rings. The lowest BCUT2D eigenvalue weighted by Crippen LogP contribution is -2.21. The van der Waals surface area contributed by atoms with E-state index in [0.717, 1.165) is 45.5 Å². The third-order valence-electron chi connectivity index (χ3n) is 6.95. The van der Waals surface area contributed by atoms with Gasteiger partial charge in [-0.2, -0.15) is 4.37 Å². The standard InChI is InChI=1S/C30H27ClN2O4S/c1-18-26(32-29(35)37-19(2)20-7-5-4-6-8-20)27(38-33-18)22-11-14-24(25(31)17-22)21-9-12-23(13-10-21)30(15-16-30)28(34)36-3/h4-14,17,19H,15-16H2,1-3H3,(H,32,35)/t19-/m1/s1. The second-order valence-electron chi connectivity index (χ2n) is 9.40. The third kappa shape index (κ3) is 5.04. The van der Waals surface area contributed by atoms with Crippen molar-refractivity contribution in [3.05, 3.63) is 94.6 Å². The number of carbonyl (C=O) groups is 2. The van der Waals surface area contributed by atoms with E-state index < -0.39 is 17.6 Å². The summed E-state index contributed by atoms with van der Waals surface area (Å²) in [5, 5.41) is 3.44. The fourth-order valence-corrected chi connectivity index (χ4v) is 5.72. The van der Waals surface area contributed by atoms with Gasteiger partial charge >= 0.3 is 12.1 Å². The first-order valence-electron chi connectivity index (χ1n) is 12.3. The van der Waals surface area contributed by atoms with Crippen LogP contribution in [-0.2, 0) is 19.7 Å². The van der Waals surface area contributed by atoms with E-state index in [-0.39, 0.29) is 5.97 Å². The van der Waals surface area contributed by atoms with Crippen LogP contribution >= 0.6 is 23.1 Å². The Bertz CT molecular complexity index is 1480. The molecule has 0 aliphatic heterocycles. The first kappa shape index (κ1) is 25.9. The summed E-state index contributed by atoms with van der Waals surface area (Å²) in [7, 11) is 1.43. The summed E-state index contributed by atoms with van der Waals surface area (Å²) in [6.07, 6.45) is 0.665. The lowest BCUT2D eigenvalue weighted by atomic mass is 9.93. The fraction of sp³-hybridized carbons (Fsp3) is 0.233. The first-order chi connectivity index (χ1) is 18.3. The Morgan fingerprint density at radius 2 is 1.71 bits per heavy atom. The molecule has 6 nitrogen and oxygen atoms in total. The molecule has 5 rings (SSSR count). The number of halogens is 1. The highest BCUT2D eigenvalue weighted by atomic mass is 35.5. The number of ether oxygens (including phenoxy) is 2. The highest BCUT2D eigenvalue weighted by molar-refractivity contribution is 7.10. The summed E-state index contributed by atoms with van der Waals surface area (Å²) < 4.78 is 15.0. The number of hydrogen-bond acceptors (Lipinski definition) is 6. The Morgan fingerprint density at radius 1 is 1.03 bits per heavy atom.